The summed E-state index contributed by atoms with van der Waals surface area (Å²) in [6.45, 7) is 0. The molecule has 4 saturated carbocycles. The lowest BCUT2D eigenvalue weighted by molar-refractivity contribution is -0.849. The van der Waals surface area contributed by atoms with Crippen molar-refractivity contribution in [3.05, 3.63) is 0 Å². The van der Waals surface area contributed by atoms with Crippen LogP contribution in [0.3, 0.4) is 0 Å². The Hall–Kier alpha value is -3.96. The van der Waals surface area contributed by atoms with Gasteiger partial charge in [-0.2, -0.15) is 228 Å². The fourth-order valence-corrected chi connectivity index (χ4v) is 6.35. The molecule has 60 heteroatoms. The maximum absolute atomic E-state index is 12.8. The van der Waals surface area contributed by atoms with Gasteiger partial charge in [-0.3, -0.25) is 0 Å². The highest BCUT2D eigenvalue weighted by Crippen LogP contribution is 2.75. The maximum Gasteiger partial charge on any atom is 0.391 e. The zero-order chi connectivity index (χ0) is 88.0. The average Bonchev–Trinajstić information content (AvgIpc) is 0.680. The van der Waals surface area contributed by atoms with Gasteiger partial charge in [0.05, 0.1) is 113 Å². The van der Waals surface area contributed by atoms with E-state index in [0.29, 0.717) is 0 Å². The first-order valence-electron chi connectivity index (χ1n) is 24.8. The van der Waals surface area contributed by atoms with Gasteiger partial charge in [0.1, 0.15) is 22.4 Å². The Morgan fingerprint density at radius 2 is 0.173 bits per heavy atom. The van der Waals surface area contributed by atoms with Crippen molar-refractivity contribution < 1.29 is 267 Å². The Morgan fingerprint density at radius 1 is 0.135 bits per heavy atom. The Bertz CT molecular complexity index is 2360. The number of alkyl halides is 52. The first-order valence-corrected chi connectivity index (χ1v) is 24.8. The van der Waals surface area contributed by atoms with Crippen molar-refractivity contribution in [1.82, 2.24) is 0 Å². The molecular formula is C44H48F52N4O4. The van der Waals surface area contributed by atoms with E-state index in [1.807, 2.05) is 0 Å². The van der Waals surface area contributed by atoms with Crippen molar-refractivity contribution >= 4 is 0 Å². The van der Waals surface area contributed by atoms with Crippen molar-refractivity contribution in [2.24, 2.45) is 0 Å². The molecule has 104 heavy (non-hydrogen) atoms. The monoisotopic (exact) mass is 1680 g/mol. The molecule has 4 fully saturated rings. The average molecular weight is 1680 g/mol. The van der Waals surface area contributed by atoms with Gasteiger partial charge < -0.3 is 38.4 Å². The molecule has 4 aliphatic rings. The SMILES string of the molecule is C[N+](C)(C)C.C[N+](C)(C)C.C[N+](C)(C)C.C[N+](C)(C)C.[O-]C1(C(F)(F)F)C(F)(F)C(F)(F)C(F)(F)C(F)(F)C1(F)F.[O-]C1(C(F)(F)F)C(F)(F)C(F)(F)C(F)(F)C(F)(F)C1(F)F.[O-]C1(C(F)(F)F)C(F)(F)C(F)(F)C(F)(F)C(F)(F)C1(F)F.[O-]C1(C(F)(F)F)C(F)(F)C(F)(F)C(F)(F)C(F)(F)C1(F)F. The highest BCUT2D eigenvalue weighted by Gasteiger charge is 3.04. The summed E-state index contributed by atoms with van der Waals surface area (Å²) in [4.78, 5) is 0. The first kappa shape index (κ1) is 106. The van der Waals surface area contributed by atoms with Crippen LogP contribution >= 0.6 is 0 Å². The number of quaternary nitrogens is 4. The third kappa shape index (κ3) is 15.0. The smallest absolute Gasteiger partial charge is 0.391 e. The maximum atomic E-state index is 12.8. The molecule has 0 radical (unpaired) electrons. The summed E-state index contributed by atoms with van der Waals surface area (Å²) >= 11 is 0. The van der Waals surface area contributed by atoms with Crippen LogP contribution in [0.2, 0.25) is 0 Å². The predicted molar refractivity (Wildman–Crippen MR) is 230 cm³/mol. The van der Waals surface area contributed by atoms with Crippen molar-refractivity contribution in [2.75, 3.05) is 113 Å². The Kier molecular flexibility index (Phi) is 27.5. The van der Waals surface area contributed by atoms with E-state index in [1.54, 1.807) is 0 Å². The third-order valence-electron chi connectivity index (χ3n) is 11.4. The van der Waals surface area contributed by atoms with E-state index >= 15 is 0 Å². The molecule has 0 unspecified atom stereocenters. The molecule has 0 aromatic rings. The molecule has 0 aromatic heterocycles. The Labute approximate surface area is 545 Å². The van der Waals surface area contributed by atoms with Crippen molar-refractivity contribution in [3.8, 4) is 0 Å². The van der Waals surface area contributed by atoms with E-state index in [-0.39, 0.29) is 0 Å². The largest absolute Gasteiger partial charge is 0.834 e. The van der Waals surface area contributed by atoms with Crippen LogP contribution in [0.1, 0.15) is 0 Å². The van der Waals surface area contributed by atoms with E-state index in [9.17, 15) is 249 Å². The van der Waals surface area contributed by atoms with Crippen LogP contribution in [0.25, 0.3) is 0 Å². The van der Waals surface area contributed by atoms with E-state index in [2.05, 4.69) is 113 Å². The van der Waals surface area contributed by atoms with Gasteiger partial charge >= 0.3 is 143 Å². The molecule has 0 heterocycles. The molecule has 632 valence electrons. The Balaban J connectivity index is -0.000000587. The second-order valence-corrected chi connectivity index (χ2v) is 26.9. The lowest BCUT2D eigenvalue weighted by Gasteiger charge is -2.60. The number of halogens is 52. The number of hydrogen-bond donors (Lipinski definition) is 0. The number of rotatable bonds is 0. The summed E-state index contributed by atoms with van der Waals surface area (Å²) in [6, 6.07) is 0. The molecule has 0 bridgehead atoms. The molecule has 0 saturated heterocycles. The summed E-state index contributed by atoms with van der Waals surface area (Å²) < 4.78 is 655. The highest BCUT2D eigenvalue weighted by molar-refractivity contribution is 5.31. The van der Waals surface area contributed by atoms with Crippen molar-refractivity contribution in [1.29, 1.82) is 0 Å². The van der Waals surface area contributed by atoms with Gasteiger partial charge in [0.2, 0.25) is 0 Å². The van der Waals surface area contributed by atoms with E-state index in [0.717, 1.165) is 17.9 Å². The molecule has 0 aliphatic heterocycles. The summed E-state index contributed by atoms with van der Waals surface area (Å²) in [7, 11) is 34.0. The van der Waals surface area contributed by atoms with Gasteiger partial charge in [0.25, 0.3) is 0 Å². The molecule has 0 atom stereocenters. The van der Waals surface area contributed by atoms with Gasteiger partial charge in [-0.25, -0.2) is 0 Å². The van der Waals surface area contributed by atoms with E-state index in [4.69, 9.17) is 0 Å². The number of hydrogen-bond acceptors (Lipinski definition) is 4. The van der Waals surface area contributed by atoms with Crippen LogP contribution in [-0.4, -0.2) is 296 Å². The first-order chi connectivity index (χ1) is 43.0. The fraction of sp³-hybridized carbons (Fsp3) is 1.00. The van der Waals surface area contributed by atoms with E-state index < -0.39 is 166 Å². The third-order valence-corrected chi connectivity index (χ3v) is 11.4. The topological polar surface area (TPSA) is 92.2 Å². The minimum atomic E-state index is -7.76. The minimum Gasteiger partial charge on any atom is -0.834 e. The summed E-state index contributed by atoms with van der Waals surface area (Å²) in [5, 5.41) is 42.6. The van der Waals surface area contributed by atoms with Crippen LogP contribution in [0.4, 0.5) is 228 Å². The Morgan fingerprint density at radius 3 is 0.212 bits per heavy atom. The standard InChI is InChI=1S/4C7F13O.4C4H12N/c4*8-2(9)1(21,7(18,19)20)3(10,11)5(14,15)6(16,17)4(2,12)13;4*1-5(2,3)4/h;;;;4*1-4H3/q4*-1;4*+1. The summed E-state index contributed by atoms with van der Waals surface area (Å²) in [5.41, 5.74) is -30.7. The van der Waals surface area contributed by atoms with Gasteiger partial charge in [0, 0.05) is 0 Å². The molecule has 8 nitrogen and oxygen atoms in total. The predicted octanol–water partition coefficient (Wildman–Crippen LogP) is 12.6. The molecule has 4 rings (SSSR count). The minimum absolute atomic E-state index is 1.00. The quantitative estimate of drug-likeness (QED) is 0.178. The molecule has 0 N–H and O–H groups in total. The second kappa shape index (κ2) is 26.9. The fourth-order valence-electron chi connectivity index (χ4n) is 6.35. The number of nitrogens with zero attached hydrogens (tertiary/aromatic N) is 4. The van der Waals surface area contributed by atoms with Gasteiger partial charge in [0.15, 0.2) is 0 Å². The summed E-state index contributed by atoms with van der Waals surface area (Å²) in [6.07, 6.45) is -30.4. The molecule has 4 aliphatic carbocycles. The zero-order valence-electron chi connectivity index (χ0n) is 53.1. The van der Waals surface area contributed by atoms with Gasteiger partial charge in [-0.05, 0) is 0 Å². The lowest BCUT2D eigenvalue weighted by atomic mass is 9.70. The molecular weight excluding hydrogens is 1640 g/mol. The highest BCUT2D eigenvalue weighted by atomic mass is 19.5. The van der Waals surface area contributed by atoms with Gasteiger partial charge in [-0.1, -0.05) is 0 Å². The lowest BCUT2D eigenvalue weighted by Crippen LogP contribution is -2.92. The summed E-state index contributed by atoms with van der Waals surface area (Å²) in [5.74, 6) is -154. The molecule has 0 spiro atoms. The van der Waals surface area contributed by atoms with Crippen molar-refractivity contribution in [2.45, 2.75) is 166 Å². The molecule has 0 aromatic carbocycles. The van der Waals surface area contributed by atoms with Crippen LogP contribution in [0.15, 0.2) is 0 Å². The zero-order valence-corrected chi connectivity index (χ0v) is 53.1. The van der Waals surface area contributed by atoms with Crippen LogP contribution < -0.4 is 20.4 Å². The van der Waals surface area contributed by atoms with Crippen LogP contribution in [0, 0.1) is 0 Å². The normalized spacial score (nSPS) is 27.9. The second-order valence-electron chi connectivity index (χ2n) is 26.9. The van der Waals surface area contributed by atoms with Crippen LogP contribution in [0.5, 0.6) is 0 Å². The van der Waals surface area contributed by atoms with Gasteiger partial charge in [-0.15, -0.1) is 0 Å². The van der Waals surface area contributed by atoms with Crippen molar-refractivity contribution in [3.63, 3.8) is 0 Å². The van der Waals surface area contributed by atoms with Crippen LogP contribution in [-0.2, 0) is 0 Å². The molecule has 0 amide bonds. The van der Waals surface area contributed by atoms with E-state index in [1.165, 1.54) is 0 Å².